The highest BCUT2D eigenvalue weighted by atomic mass is 16.5. The molecule has 4 nitrogen and oxygen atoms in total. The molecular weight excluding hydrogens is 238 g/mol. The molecule has 0 saturated carbocycles. The summed E-state index contributed by atoms with van der Waals surface area (Å²) >= 11 is 0. The van der Waals surface area contributed by atoms with E-state index in [4.69, 9.17) is 10.5 Å². The summed E-state index contributed by atoms with van der Waals surface area (Å²) in [4.78, 5) is 7.92. The van der Waals surface area contributed by atoms with Crippen LogP contribution in [0.2, 0.25) is 0 Å². The Hall–Kier alpha value is -2.10. The Labute approximate surface area is 113 Å². The lowest BCUT2D eigenvalue weighted by Crippen LogP contribution is -2.13. The molecule has 1 aromatic heterocycles. The van der Waals surface area contributed by atoms with Gasteiger partial charge in [-0.3, -0.25) is 0 Å². The fraction of sp³-hybridized carbons (Fsp3) is 0.333. The number of nitrogen functional groups attached to an aromatic ring is 1. The quantitative estimate of drug-likeness (QED) is 0.895. The molecule has 2 rings (SSSR count). The van der Waals surface area contributed by atoms with E-state index in [0.717, 1.165) is 11.3 Å². The molecule has 1 aromatic carbocycles. The zero-order valence-corrected chi connectivity index (χ0v) is 11.8. The molecule has 0 fully saturated rings. The minimum atomic E-state index is -0.0108. The molecular formula is C15H19N3O. The summed E-state index contributed by atoms with van der Waals surface area (Å²) in [6, 6.07) is 6.10. The first-order valence-corrected chi connectivity index (χ1v) is 6.22. The number of rotatable bonds is 2. The highest BCUT2D eigenvalue weighted by Gasteiger charge is 2.20. The first-order valence-electron chi connectivity index (χ1n) is 6.22. The van der Waals surface area contributed by atoms with Crippen LogP contribution < -0.4 is 10.5 Å². The van der Waals surface area contributed by atoms with Crippen LogP contribution in [0, 0.1) is 6.92 Å². The Kier molecular flexibility index (Phi) is 3.42. The molecule has 1 heterocycles. The number of aryl methyl sites for hydroxylation is 1. The van der Waals surface area contributed by atoms with Crippen molar-refractivity contribution < 1.29 is 4.74 Å². The smallest absolute Gasteiger partial charge is 0.245 e. The van der Waals surface area contributed by atoms with Gasteiger partial charge in [0.25, 0.3) is 0 Å². The van der Waals surface area contributed by atoms with Crippen molar-refractivity contribution in [3.8, 4) is 11.6 Å². The van der Waals surface area contributed by atoms with E-state index in [1.54, 1.807) is 0 Å². The lowest BCUT2D eigenvalue weighted by Gasteiger charge is -2.23. The van der Waals surface area contributed by atoms with Crippen LogP contribution in [-0.4, -0.2) is 9.97 Å². The van der Waals surface area contributed by atoms with Gasteiger partial charge in [0.15, 0.2) is 0 Å². The predicted octanol–water partition coefficient (Wildman–Crippen LogP) is 3.46. The van der Waals surface area contributed by atoms with Crippen LogP contribution in [0.15, 0.2) is 30.7 Å². The topological polar surface area (TPSA) is 61.0 Å². The normalized spacial score (nSPS) is 11.4. The van der Waals surface area contributed by atoms with Crippen LogP contribution >= 0.6 is 0 Å². The lowest BCUT2D eigenvalue weighted by molar-refractivity contribution is 0.441. The summed E-state index contributed by atoms with van der Waals surface area (Å²) in [5, 5.41) is 0. The monoisotopic (exact) mass is 257 g/mol. The zero-order valence-electron chi connectivity index (χ0n) is 11.8. The van der Waals surface area contributed by atoms with Gasteiger partial charge in [-0.25, -0.2) is 4.98 Å². The summed E-state index contributed by atoms with van der Waals surface area (Å²) in [6.07, 6.45) is 2.96. The minimum absolute atomic E-state index is 0.0108. The van der Waals surface area contributed by atoms with Crippen molar-refractivity contribution in [3.63, 3.8) is 0 Å². The molecule has 0 bridgehead atoms. The van der Waals surface area contributed by atoms with E-state index in [1.807, 2.05) is 12.1 Å². The van der Waals surface area contributed by atoms with Gasteiger partial charge >= 0.3 is 0 Å². The Morgan fingerprint density at radius 2 is 1.95 bits per heavy atom. The van der Waals surface area contributed by atoms with Crippen molar-refractivity contribution >= 4 is 5.69 Å². The van der Waals surface area contributed by atoms with Gasteiger partial charge in [0.2, 0.25) is 5.88 Å². The zero-order chi connectivity index (χ0) is 14.0. The summed E-state index contributed by atoms with van der Waals surface area (Å²) in [5.41, 5.74) is 8.56. The maximum Gasteiger partial charge on any atom is 0.245 e. The molecule has 4 heteroatoms. The van der Waals surface area contributed by atoms with Gasteiger partial charge in [-0.15, -0.1) is 0 Å². The van der Waals surface area contributed by atoms with Crippen molar-refractivity contribution in [2.45, 2.75) is 33.1 Å². The summed E-state index contributed by atoms with van der Waals surface area (Å²) < 4.78 is 5.85. The van der Waals surface area contributed by atoms with E-state index in [0.29, 0.717) is 11.6 Å². The third-order valence-corrected chi connectivity index (χ3v) is 2.85. The number of benzene rings is 1. The van der Waals surface area contributed by atoms with Crippen molar-refractivity contribution in [3.05, 3.63) is 41.9 Å². The molecule has 0 atom stereocenters. The Balaban J connectivity index is 2.44. The molecule has 0 spiro atoms. The van der Waals surface area contributed by atoms with E-state index in [2.05, 4.69) is 43.7 Å². The molecule has 19 heavy (non-hydrogen) atoms. The molecule has 2 N–H and O–H groups in total. The number of hydrogen-bond donors (Lipinski definition) is 1. The standard InChI is InChI=1S/C15H19N3O/c1-10-5-6-13(11(7-10)15(2,3)4)19-14-12(16)8-17-9-18-14/h5-9H,16H2,1-4H3. The first-order chi connectivity index (χ1) is 8.88. The predicted molar refractivity (Wildman–Crippen MR) is 76.4 cm³/mol. The molecule has 0 unspecified atom stereocenters. The number of ether oxygens (including phenoxy) is 1. The number of hydrogen-bond acceptors (Lipinski definition) is 4. The van der Waals surface area contributed by atoms with Crippen LogP contribution in [0.5, 0.6) is 11.6 Å². The van der Waals surface area contributed by atoms with E-state index < -0.39 is 0 Å². The van der Waals surface area contributed by atoms with Gasteiger partial charge in [-0.2, -0.15) is 4.98 Å². The fourth-order valence-corrected chi connectivity index (χ4v) is 1.84. The van der Waals surface area contributed by atoms with Crippen LogP contribution in [-0.2, 0) is 5.41 Å². The second-order valence-electron chi connectivity index (χ2n) is 5.63. The summed E-state index contributed by atoms with van der Waals surface area (Å²) in [6.45, 7) is 8.52. The largest absolute Gasteiger partial charge is 0.437 e. The van der Waals surface area contributed by atoms with Crippen LogP contribution in [0.3, 0.4) is 0 Å². The van der Waals surface area contributed by atoms with Gasteiger partial charge in [0, 0.05) is 5.56 Å². The average Bonchev–Trinajstić information content (AvgIpc) is 2.33. The Morgan fingerprint density at radius 1 is 1.21 bits per heavy atom. The summed E-state index contributed by atoms with van der Waals surface area (Å²) in [5.74, 6) is 1.17. The number of aromatic nitrogens is 2. The van der Waals surface area contributed by atoms with E-state index >= 15 is 0 Å². The summed E-state index contributed by atoms with van der Waals surface area (Å²) in [7, 11) is 0. The molecule has 0 amide bonds. The van der Waals surface area contributed by atoms with E-state index in [9.17, 15) is 0 Å². The number of nitrogens with two attached hydrogens (primary N) is 1. The highest BCUT2D eigenvalue weighted by molar-refractivity contribution is 5.49. The van der Waals surface area contributed by atoms with Gasteiger partial charge in [-0.05, 0) is 18.4 Å². The van der Waals surface area contributed by atoms with Crippen molar-refractivity contribution in [1.29, 1.82) is 0 Å². The Bertz CT molecular complexity index is 588. The average molecular weight is 257 g/mol. The third-order valence-electron chi connectivity index (χ3n) is 2.85. The van der Waals surface area contributed by atoms with Crippen molar-refractivity contribution in [1.82, 2.24) is 9.97 Å². The second kappa shape index (κ2) is 4.88. The molecule has 0 aliphatic rings. The number of anilines is 1. The number of nitrogens with zero attached hydrogens (tertiary/aromatic N) is 2. The second-order valence-corrected chi connectivity index (χ2v) is 5.63. The van der Waals surface area contributed by atoms with Crippen molar-refractivity contribution in [2.75, 3.05) is 5.73 Å². The molecule has 0 radical (unpaired) electrons. The maximum absolute atomic E-state index is 5.85. The van der Waals surface area contributed by atoms with Crippen LogP contribution in [0.1, 0.15) is 31.9 Å². The SMILES string of the molecule is Cc1ccc(Oc2ncncc2N)c(C(C)(C)C)c1. The van der Waals surface area contributed by atoms with E-state index in [1.165, 1.54) is 18.1 Å². The molecule has 0 saturated heterocycles. The lowest BCUT2D eigenvalue weighted by atomic mass is 9.85. The third kappa shape index (κ3) is 3.02. The fourth-order valence-electron chi connectivity index (χ4n) is 1.84. The highest BCUT2D eigenvalue weighted by Crippen LogP contribution is 2.35. The maximum atomic E-state index is 5.85. The van der Waals surface area contributed by atoms with Crippen LogP contribution in [0.25, 0.3) is 0 Å². The van der Waals surface area contributed by atoms with Crippen LogP contribution in [0.4, 0.5) is 5.69 Å². The van der Waals surface area contributed by atoms with E-state index in [-0.39, 0.29) is 5.41 Å². The van der Waals surface area contributed by atoms with Gasteiger partial charge in [-0.1, -0.05) is 38.5 Å². The van der Waals surface area contributed by atoms with Gasteiger partial charge in [0.05, 0.1) is 6.20 Å². The first kappa shape index (κ1) is 13.3. The molecule has 2 aromatic rings. The van der Waals surface area contributed by atoms with Gasteiger partial charge < -0.3 is 10.5 Å². The van der Waals surface area contributed by atoms with Gasteiger partial charge in [0.1, 0.15) is 17.8 Å². The Morgan fingerprint density at radius 3 is 2.58 bits per heavy atom. The molecule has 0 aliphatic heterocycles. The molecule has 0 aliphatic carbocycles. The molecule has 100 valence electrons. The minimum Gasteiger partial charge on any atom is -0.437 e. The van der Waals surface area contributed by atoms with Crippen molar-refractivity contribution in [2.24, 2.45) is 0 Å².